The molecule has 2 rings (SSSR count). The van der Waals surface area contributed by atoms with Gasteiger partial charge in [0.25, 0.3) is 0 Å². The second-order valence-electron chi connectivity index (χ2n) is 3.19. The van der Waals surface area contributed by atoms with Crippen LogP contribution < -0.4 is 0 Å². The Bertz CT molecular complexity index is 407. The lowest BCUT2D eigenvalue weighted by Crippen LogP contribution is -1.86. The molecule has 69 valence electrons. The average molecular weight is 202 g/mol. The minimum atomic E-state index is 0.790. The number of benzene rings is 2. The summed E-state index contributed by atoms with van der Waals surface area (Å²) in [4.78, 5) is 0. The molecule has 0 bridgehead atoms. The van der Waals surface area contributed by atoms with Crippen molar-refractivity contribution in [2.24, 2.45) is 0 Å². The first kappa shape index (κ1) is 9.29. The molecular weight excluding hydrogens is 192 g/mol. The van der Waals surface area contributed by atoms with Crippen molar-refractivity contribution in [1.82, 2.24) is 0 Å². The van der Waals surface area contributed by atoms with Gasteiger partial charge in [-0.15, -0.1) is 0 Å². The van der Waals surface area contributed by atoms with Gasteiger partial charge in [-0.1, -0.05) is 48.0 Å². The van der Waals surface area contributed by atoms with E-state index in [1.807, 2.05) is 36.4 Å². The quantitative estimate of drug-likeness (QED) is 0.695. The Labute approximate surface area is 89.2 Å². The van der Waals surface area contributed by atoms with Crippen molar-refractivity contribution in [3.8, 4) is 0 Å². The van der Waals surface area contributed by atoms with Gasteiger partial charge in [0.05, 0.1) is 0 Å². The lowest BCUT2D eigenvalue weighted by atomic mass is 10.1. The standard InChI is InChI=1S/C13H10Cl/c14-13-8-4-7-12(10-13)9-11-5-2-1-3-6-11/h1-5,7-8,10H,9H2. The predicted molar refractivity (Wildman–Crippen MR) is 59.5 cm³/mol. The fraction of sp³-hybridized carbons (Fsp3) is 0.0769. The number of hydrogen-bond donors (Lipinski definition) is 0. The van der Waals surface area contributed by atoms with E-state index in [-0.39, 0.29) is 0 Å². The van der Waals surface area contributed by atoms with Crippen LogP contribution in [0.25, 0.3) is 0 Å². The van der Waals surface area contributed by atoms with E-state index in [2.05, 4.69) is 18.2 Å². The van der Waals surface area contributed by atoms with Crippen molar-refractivity contribution in [3.05, 3.63) is 70.7 Å². The summed E-state index contributed by atoms with van der Waals surface area (Å²) in [5, 5.41) is 0.790. The van der Waals surface area contributed by atoms with Gasteiger partial charge in [0.15, 0.2) is 0 Å². The Balaban J connectivity index is 2.19. The van der Waals surface area contributed by atoms with Gasteiger partial charge in [-0.05, 0) is 35.7 Å². The minimum absolute atomic E-state index is 0.790. The van der Waals surface area contributed by atoms with Crippen LogP contribution in [0.5, 0.6) is 0 Å². The second kappa shape index (κ2) is 4.30. The minimum Gasteiger partial charge on any atom is -0.0843 e. The maximum absolute atomic E-state index is 5.90. The Morgan fingerprint density at radius 2 is 2.00 bits per heavy atom. The molecule has 0 saturated carbocycles. The summed E-state index contributed by atoms with van der Waals surface area (Å²) < 4.78 is 0. The Morgan fingerprint density at radius 1 is 1.07 bits per heavy atom. The van der Waals surface area contributed by atoms with Gasteiger partial charge in [-0.25, -0.2) is 0 Å². The Kier molecular flexibility index (Phi) is 2.85. The van der Waals surface area contributed by atoms with Crippen molar-refractivity contribution < 1.29 is 0 Å². The van der Waals surface area contributed by atoms with E-state index in [1.165, 1.54) is 11.1 Å². The summed E-state index contributed by atoms with van der Waals surface area (Å²) in [7, 11) is 0. The Morgan fingerprint density at radius 3 is 2.71 bits per heavy atom. The molecule has 1 radical (unpaired) electrons. The van der Waals surface area contributed by atoms with E-state index in [0.29, 0.717) is 0 Å². The molecule has 0 fully saturated rings. The molecule has 0 atom stereocenters. The van der Waals surface area contributed by atoms with E-state index in [4.69, 9.17) is 11.6 Å². The Hall–Kier alpha value is -1.27. The van der Waals surface area contributed by atoms with Gasteiger partial charge < -0.3 is 0 Å². The predicted octanol–water partition coefficient (Wildman–Crippen LogP) is 3.73. The number of rotatable bonds is 2. The fourth-order valence-corrected chi connectivity index (χ4v) is 1.62. The molecule has 0 nitrogen and oxygen atoms in total. The van der Waals surface area contributed by atoms with Gasteiger partial charge in [0.1, 0.15) is 0 Å². The molecule has 14 heavy (non-hydrogen) atoms. The summed E-state index contributed by atoms with van der Waals surface area (Å²) in [5.74, 6) is 0. The molecule has 0 aliphatic carbocycles. The van der Waals surface area contributed by atoms with Gasteiger partial charge in [-0.3, -0.25) is 0 Å². The van der Waals surface area contributed by atoms with Crippen molar-refractivity contribution in [2.45, 2.75) is 6.42 Å². The van der Waals surface area contributed by atoms with Gasteiger partial charge >= 0.3 is 0 Å². The van der Waals surface area contributed by atoms with E-state index < -0.39 is 0 Å². The van der Waals surface area contributed by atoms with Crippen LogP contribution in [0.15, 0.2) is 48.5 Å². The van der Waals surface area contributed by atoms with Crippen molar-refractivity contribution >= 4 is 11.6 Å². The molecule has 0 aliphatic heterocycles. The summed E-state index contributed by atoms with van der Waals surface area (Å²) in [5.41, 5.74) is 2.41. The topological polar surface area (TPSA) is 0 Å². The molecular formula is C13H10Cl. The highest BCUT2D eigenvalue weighted by Gasteiger charge is 1.96. The molecule has 0 aromatic heterocycles. The first-order chi connectivity index (χ1) is 6.84. The van der Waals surface area contributed by atoms with Crippen LogP contribution in [-0.4, -0.2) is 0 Å². The van der Waals surface area contributed by atoms with Crippen molar-refractivity contribution in [1.29, 1.82) is 0 Å². The smallest absolute Gasteiger partial charge is 0.0408 e. The zero-order valence-electron chi connectivity index (χ0n) is 7.70. The molecule has 0 amide bonds. The van der Waals surface area contributed by atoms with Crippen LogP contribution >= 0.6 is 11.6 Å². The molecule has 0 unspecified atom stereocenters. The average Bonchev–Trinajstić information content (AvgIpc) is 2.19. The van der Waals surface area contributed by atoms with Crippen LogP contribution in [0.4, 0.5) is 0 Å². The molecule has 0 spiro atoms. The highest BCUT2D eigenvalue weighted by molar-refractivity contribution is 6.30. The van der Waals surface area contributed by atoms with Crippen LogP contribution in [0.1, 0.15) is 11.1 Å². The molecule has 1 heteroatoms. The summed E-state index contributed by atoms with van der Waals surface area (Å²) >= 11 is 5.90. The maximum Gasteiger partial charge on any atom is 0.0408 e. The SMILES string of the molecule is Clc1cccc(Cc2[c]cccc2)c1. The van der Waals surface area contributed by atoms with Gasteiger partial charge in [-0.2, -0.15) is 0 Å². The first-order valence-electron chi connectivity index (χ1n) is 4.54. The van der Waals surface area contributed by atoms with E-state index in [9.17, 15) is 0 Å². The van der Waals surface area contributed by atoms with Gasteiger partial charge in [0.2, 0.25) is 0 Å². The first-order valence-corrected chi connectivity index (χ1v) is 4.92. The van der Waals surface area contributed by atoms with Crippen LogP contribution in [0.3, 0.4) is 0 Å². The van der Waals surface area contributed by atoms with Gasteiger partial charge in [0, 0.05) is 5.02 Å². The highest BCUT2D eigenvalue weighted by Crippen LogP contribution is 2.14. The third kappa shape index (κ3) is 2.36. The number of hydrogen-bond acceptors (Lipinski definition) is 0. The number of halogens is 1. The van der Waals surface area contributed by atoms with Crippen molar-refractivity contribution in [2.75, 3.05) is 0 Å². The zero-order valence-corrected chi connectivity index (χ0v) is 8.46. The van der Waals surface area contributed by atoms with Crippen LogP contribution in [0, 0.1) is 6.07 Å². The van der Waals surface area contributed by atoms with E-state index in [1.54, 1.807) is 0 Å². The molecule has 2 aromatic carbocycles. The molecule has 0 aliphatic rings. The third-order valence-electron chi connectivity index (χ3n) is 2.06. The summed E-state index contributed by atoms with van der Waals surface area (Å²) in [6.07, 6.45) is 0.890. The molecule has 2 aromatic rings. The molecule has 0 saturated heterocycles. The zero-order chi connectivity index (χ0) is 9.80. The fourth-order valence-electron chi connectivity index (χ4n) is 1.41. The lowest BCUT2D eigenvalue weighted by molar-refractivity contribution is 1.19. The second-order valence-corrected chi connectivity index (χ2v) is 3.63. The van der Waals surface area contributed by atoms with E-state index >= 15 is 0 Å². The molecule has 0 heterocycles. The van der Waals surface area contributed by atoms with Crippen LogP contribution in [0.2, 0.25) is 5.02 Å². The van der Waals surface area contributed by atoms with Crippen molar-refractivity contribution in [3.63, 3.8) is 0 Å². The normalized spacial score (nSPS) is 10.1. The maximum atomic E-state index is 5.90. The largest absolute Gasteiger partial charge is 0.0843 e. The monoisotopic (exact) mass is 201 g/mol. The third-order valence-corrected chi connectivity index (χ3v) is 2.29. The highest BCUT2D eigenvalue weighted by atomic mass is 35.5. The van der Waals surface area contributed by atoms with Crippen LogP contribution in [-0.2, 0) is 6.42 Å². The summed E-state index contributed by atoms with van der Waals surface area (Å²) in [6, 6.07) is 19.1. The lowest BCUT2D eigenvalue weighted by Gasteiger charge is -2.01. The van der Waals surface area contributed by atoms with E-state index in [0.717, 1.165) is 11.4 Å². The molecule has 0 N–H and O–H groups in total. The summed E-state index contributed by atoms with van der Waals surface area (Å²) in [6.45, 7) is 0.